The van der Waals surface area contributed by atoms with E-state index < -0.39 is 43.0 Å². The van der Waals surface area contributed by atoms with E-state index in [1.54, 1.807) is 30.3 Å². The van der Waals surface area contributed by atoms with Crippen molar-refractivity contribution < 1.29 is 26.0 Å². The predicted octanol–water partition coefficient (Wildman–Crippen LogP) is 3.16. The third-order valence-electron chi connectivity index (χ3n) is 7.64. The second-order valence-electron chi connectivity index (χ2n) is 10.4. The number of rotatable bonds is 8. The van der Waals surface area contributed by atoms with Crippen LogP contribution in [0.3, 0.4) is 0 Å². The zero-order chi connectivity index (χ0) is 30.8. The summed E-state index contributed by atoms with van der Waals surface area (Å²) in [5, 5.41) is 8.41. The minimum atomic E-state index is -4.32. The number of sulfonamides is 1. The van der Waals surface area contributed by atoms with Crippen molar-refractivity contribution in [1.82, 2.24) is 19.5 Å². The van der Waals surface area contributed by atoms with E-state index in [0.29, 0.717) is 42.3 Å². The SMILES string of the molecule is CN1CCN(S(=O)(=O)CCNC(=O)N2CC(c3ccccc3)(S(=O)(=O)c3ccc(Cl)cc3)C(c3ccc(F)cc3)=N2)CC1. The summed E-state index contributed by atoms with van der Waals surface area (Å²) in [7, 11) is -6.01. The lowest BCUT2D eigenvalue weighted by Gasteiger charge is -2.32. The van der Waals surface area contributed by atoms with Crippen molar-refractivity contribution in [2.24, 2.45) is 5.10 Å². The standard InChI is InChI=1S/C29H31ClFN5O5S2/c1-34-16-18-35(19-17-34)42(38,39)20-15-32-28(37)36-21-29(23-5-3-2-4-6-23,27(33-36)22-7-11-25(31)12-8-22)43(40,41)26-13-9-24(30)10-14-26/h2-14H,15-21H2,1H3,(H,32,37). The highest BCUT2D eigenvalue weighted by Gasteiger charge is 2.56. The zero-order valence-corrected chi connectivity index (χ0v) is 25.7. The summed E-state index contributed by atoms with van der Waals surface area (Å²) < 4.78 is 68.3. The smallest absolute Gasteiger partial charge is 0.335 e. The highest BCUT2D eigenvalue weighted by atomic mass is 35.5. The van der Waals surface area contributed by atoms with Crippen LogP contribution in [0.2, 0.25) is 5.02 Å². The molecule has 1 atom stereocenters. The van der Waals surface area contributed by atoms with Gasteiger partial charge in [0, 0.05) is 43.3 Å². The maximum absolute atomic E-state index is 14.6. The third-order valence-corrected chi connectivity index (χ3v) is 12.1. The Balaban J connectivity index is 1.50. The van der Waals surface area contributed by atoms with Gasteiger partial charge in [-0.25, -0.2) is 31.0 Å². The van der Waals surface area contributed by atoms with Crippen LogP contribution in [0.25, 0.3) is 0 Å². The van der Waals surface area contributed by atoms with Gasteiger partial charge in [-0.2, -0.15) is 9.41 Å². The molecule has 0 radical (unpaired) electrons. The zero-order valence-electron chi connectivity index (χ0n) is 23.4. The monoisotopic (exact) mass is 647 g/mol. The molecule has 2 heterocycles. The lowest BCUT2D eigenvalue weighted by molar-refractivity contribution is 0.203. The van der Waals surface area contributed by atoms with Gasteiger partial charge in [-0.05, 0) is 49.0 Å². The maximum Gasteiger partial charge on any atom is 0.337 e. The molecule has 0 aliphatic carbocycles. The highest BCUT2D eigenvalue weighted by Crippen LogP contribution is 2.43. The van der Waals surface area contributed by atoms with Crippen molar-refractivity contribution >= 4 is 43.2 Å². The molecule has 1 unspecified atom stereocenters. The number of hydrazone groups is 1. The molecule has 0 bridgehead atoms. The average Bonchev–Trinajstić information content (AvgIpc) is 3.41. The van der Waals surface area contributed by atoms with Gasteiger partial charge in [-0.3, -0.25) is 0 Å². The Morgan fingerprint density at radius 3 is 2.19 bits per heavy atom. The molecule has 2 amide bonds. The molecular weight excluding hydrogens is 617 g/mol. The molecule has 43 heavy (non-hydrogen) atoms. The van der Waals surface area contributed by atoms with Crippen molar-refractivity contribution in [2.45, 2.75) is 9.64 Å². The van der Waals surface area contributed by atoms with E-state index in [-0.39, 0.29) is 22.9 Å². The molecule has 0 aromatic heterocycles. The fraction of sp³-hybridized carbons (Fsp3) is 0.310. The quantitative estimate of drug-likeness (QED) is 0.401. The first-order valence-electron chi connectivity index (χ1n) is 13.6. The van der Waals surface area contributed by atoms with Crippen molar-refractivity contribution in [1.29, 1.82) is 0 Å². The fourth-order valence-electron chi connectivity index (χ4n) is 5.23. The van der Waals surface area contributed by atoms with Gasteiger partial charge >= 0.3 is 6.03 Å². The first kappa shape index (κ1) is 31.1. The molecule has 1 fully saturated rings. The number of carbonyl (C=O) groups excluding carboxylic acids is 1. The van der Waals surface area contributed by atoms with E-state index in [1.165, 1.54) is 52.8 Å². The summed E-state index contributed by atoms with van der Waals surface area (Å²) in [5.74, 6) is -0.845. The van der Waals surface area contributed by atoms with Gasteiger partial charge in [-0.15, -0.1) is 0 Å². The number of benzene rings is 3. The molecule has 2 aliphatic rings. The van der Waals surface area contributed by atoms with Crippen LogP contribution in [0, 0.1) is 5.82 Å². The summed E-state index contributed by atoms with van der Waals surface area (Å²) in [6.45, 7) is 1.35. The summed E-state index contributed by atoms with van der Waals surface area (Å²) in [6.07, 6.45) is 0. The molecule has 10 nitrogen and oxygen atoms in total. The van der Waals surface area contributed by atoms with E-state index in [9.17, 15) is 26.0 Å². The molecule has 5 rings (SSSR count). The number of halogens is 2. The van der Waals surface area contributed by atoms with Crippen LogP contribution in [0.1, 0.15) is 11.1 Å². The number of nitrogens with zero attached hydrogens (tertiary/aromatic N) is 4. The Kier molecular flexibility index (Phi) is 8.91. The van der Waals surface area contributed by atoms with E-state index in [0.717, 1.165) is 5.01 Å². The molecule has 2 aliphatic heterocycles. The number of piperazine rings is 1. The number of urea groups is 1. The Bertz CT molecular complexity index is 1710. The Morgan fingerprint density at radius 2 is 1.56 bits per heavy atom. The van der Waals surface area contributed by atoms with Gasteiger partial charge in [0.25, 0.3) is 0 Å². The molecule has 0 saturated carbocycles. The van der Waals surface area contributed by atoms with Crippen LogP contribution in [0.15, 0.2) is 88.9 Å². The highest BCUT2D eigenvalue weighted by molar-refractivity contribution is 7.93. The minimum absolute atomic E-state index is 0.0221. The Morgan fingerprint density at radius 1 is 0.930 bits per heavy atom. The lowest BCUT2D eigenvalue weighted by Crippen LogP contribution is -2.50. The van der Waals surface area contributed by atoms with Gasteiger partial charge in [-0.1, -0.05) is 54.1 Å². The Labute approximate surface area is 255 Å². The number of carbonyl (C=O) groups is 1. The van der Waals surface area contributed by atoms with Crippen LogP contribution in [0.5, 0.6) is 0 Å². The van der Waals surface area contributed by atoms with E-state index in [4.69, 9.17) is 11.6 Å². The molecule has 1 N–H and O–H groups in total. The van der Waals surface area contributed by atoms with Crippen molar-refractivity contribution in [3.05, 3.63) is 101 Å². The van der Waals surface area contributed by atoms with E-state index in [1.807, 2.05) is 11.9 Å². The van der Waals surface area contributed by atoms with Crippen LogP contribution in [-0.2, 0) is 24.6 Å². The van der Waals surface area contributed by atoms with Gasteiger partial charge in [0.2, 0.25) is 10.0 Å². The van der Waals surface area contributed by atoms with E-state index in [2.05, 4.69) is 10.4 Å². The topological polar surface area (TPSA) is 119 Å². The predicted molar refractivity (Wildman–Crippen MR) is 163 cm³/mol. The second kappa shape index (κ2) is 12.3. The number of sulfone groups is 1. The lowest BCUT2D eigenvalue weighted by atomic mass is 9.89. The number of amides is 2. The first-order valence-corrected chi connectivity index (χ1v) is 17.0. The molecule has 228 valence electrons. The van der Waals surface area contributed by atoms with Crippen LogP contribution >= 0.6 is 11.6 Å². The van der Waals surface area contributed by atoms with Gasteiger partial charge in [0.15, 0.2) is 14.6 Å². The Hall–Kier alpha value is -3.36. The summed E-state index contributed by atoms with van der Waals surface area (Å²) in [5.41, 5.74) is 0.672. The van der Waals surface area contributed by atoms with E-state index >= 15 is 0 Å². The number of hydrogen-bond acceptors (Lipinski definition) is 7. The summed E-state index contributed by atoms with van der Waals surface area (Å²) in [4.78, 5) is 15.4. The second-order valence-corrected chi connectivity index (χ2v) is 15.1. The molecule has 1 saturated heterocycles. The number of hydrogen-bond donors (Lipinski definition) is 1. The number of likely N-dealkylation sites (N-methyl/N-ethyl adjacent to an activating group) is 1. The normalized spacial score (nSPS) is 20.2. The van der Waals surface area contributed by atoms with Crippen molar-refractivity contribution in [3.63, 3.8) is 0 Å². The van der Waals surface area contributed by atoms with Crippen LogP contribution in [0.4, 0.5) is 9.18 Å². The maximum atomic E-state index is 14.6. The van der Waals surface area contributed by atoms with Gasteiger partial charge < -0.3 is 10.2 Å². The minimum Gasteiger partial charge on any atom is -0.335 e. The fourth-order valence-corrected chi connectivity index (χ4v) is 8.74. The first-order chi connectivity index (χ1) is 20.4. The largest absolute Gasteiger partial charge is 0.337 e. The van der Waals surface area contributed by atoms with Crippen molar-refractivity contribution in [3.8, 4) is 0 Å². The van der Waals surface area contributed by atoms with Crippen molar-refractivity contribution in [2.75, 3.05) is 52.1 Å². The molecule has 0 spiro atoms. The molecule has 3 aromatic carbocycles. The average molecular weight is 648 g/mol. The van der Waals surface area contributed by atoms with Gasteiger partial charge in [0.1, 0.15) is 5.82 Å². The van der Waals surface area contributed by atoms with Crippen LogP contribution < -0.4 is 5.32 Å². The third kappa shape index (κ3) is 6.18. The summed E-state index contributed by atoms with van der Waals surface area (Å²) in [6, 6.07) is 18.5. The van der Waals surface area contributed by atoms with Crippen LogP contribution in [-0.4, -0.2) is 94.9 Å². The molecule has 3 aromatic rings. The molecular formula is C29H31ClFN5O5S2. The number of nitrogens with one attached hydrogen (secondary N) is 1. The van der Waals surface area contributed by atoms with Gasteiger partial charge in [0.05, 0.1) is 22.9 Å². The molecule has 14 heteroatoms. The summed E-state index contributed by atoms with van der Waals surface area (Å²) >= 11 is 6.05.